The number of nitrogens with zero attached hydrogens (tertiary/aromatic N) is 1. The normalized spacial score (nSPS) is 10.8. The molecule has 0 amide bonds. The Morgan fingerprint density at radius 2 is 2.18 bits per heavy atom. The van der Waals surface area contributed by atoms with Crippen molar-refractivity contribution in [3.8, 4) is 0 Å². The summed E-state index contributed by atoms with van der Waals surface area (Å²) in [5.74, 6) is 0.0389. The van der Waals surface area contributed by atoms with Crippen LogP contribution in [-0.2, 0) is 11.3 Å². The van der Waals surface area contributed by atoms with E-state index in [-0.39, 0.29) is 22.9 Å². The first kappa shape index (κ1) is 13.4. The van der Waals surface area contributed by atoms with E-state index < -0.39 is 0 Å². The number of methoxy groups -OCH3 is 1. The maximum absolute atomic E-state index is 12.1. The topological polar surface area (TPSA) is 81.1 Å². The third-order valence-corrected chi connectivity index (χ3v) is 2.61. The monoisotopic (exact) mass is 237 g/mol. The number of nitrogen functional groups attached to an aromatic ring is 1. The van der Waals surface area contributed by atoms with Crippen molar-refractivity contribution >= 4 is 5.84 Å². The molecule has 1 rings (SSSR count). The van der Waals surface area contributed by atoms with Gasteiger partial charge in [-0.2, -0.15) is 0 Å². The zero-order valence-corrected chi connectivity index (χ0v) is 10.5. The van der Waals surface area contributed by atoms with Crippen LogP contribution in [0.4, 0.5) is 0 Å². The molecular formula is C12H19N3O2. The molecular weight excluding hydrogens is 218 g/mol. The molecule has 94 valence electrons. The predicted octanol–water partition coefficient (Wildman–Crippen LogP) is 0.902. The van der Waals surface area contributed by atoms with E-state index in [2.05, 4.69) is 0 Å². The lowest BCUT2D eigenvalue weighted by Crippen LogP contribution is -2.32. The highest BCUT2D eigenvalue weighted by atomic mass is 16.5. The summed E-state index contributed by atoms with van der Waals surface area (Å²) in [5, 5.41) is 7.36. The van der Waals surface area contributed by atoms with E-state index in [9.17, 15) is 4.79 Å². The number of hydrogen-bond donors (Lipinski definition) is 2. The van der Waals surface area contributed by atoms with Gasteiger partial charge >= 0.3 is 0 Å². The number of nitrogens with two attached hydrogens (primary N) is 1. The molecule has 0 aliphatic heterocycles. The molecule has 0 fully saturated rings. The van der Waals surface area contributed by atoms with Crippen LogP contribution in [0.5, 0.6) is 0 Å². The zero-order valence-electron chi connectivity index (χ0n) is 10.5. The number of amidine groups is 1. The van der Waals surface area contributed by atoms with Crippen molar-refractivity contribution in [3.05, 3.63) is 33.7 Å². The summed E-state index contributed by atoms with van der Waals surface area (Å²) in [6, 6.07) is 3.46. The average molecular weight is 237 g/mol. The number of hydrogen-bond acceptors (Lipinski definition) is 3. The van der Waals surface area contributed by atoms with Crippen LogP contribution in [0.2, 0.25) is 0 Å². The van der Waals surface area contributed by atoms with E-state index in [1.807, 2.05) is 19.9 Å². The average Bonchev–Trinajstić information content (AvgIpc) is 2.26. The second-order valence-electron chi connectivity index (χ2n) is 4.19. The molecule has 17 heavy (non-hydrogen) atoms. The van der Waals surface area contributed by atoms with Crippen LogP contribution in [0.15, 0.2) is 16.9 Å². The third kappa shape index (κ3) is 2.94. The molecule has 0 aliphatic rings. The summed E-state index contributed by atoms with van der Waals surface area (Å²) in [6.45, 7) is 4.97. The number of aromatic nitrogens is 1. The fourth-order valence-electron chi connectivity index (χ4n) is 1.71. The second-order valence-corrected chi connectivity index (χ2v) is 4.19. The van der Waals surface area contributed by atoms with E-state index in [4.69, 9.17) is 15.9 Å². The van der Waals surface area contributed by atoms with Crippen molar-refractivity contribution in [2.24, 2.45) is 5.73 Å². The Morgan fingerprint density at radius 1 is 1.53 bits per heavy atom. The first-order valence-electron chi connectivity index (χ1n) is 5.56. The quantitative estimate of drug-likeness (QED) is 0.589. The molecule has 1 aromatic rings. The summed E-state index contributed by atoms with van der Waals surface area (Å²) < 4.78 is 6.62. The van der Waals surface area contributed by atoms with Crippen LogP contribution in [0.25, 0.3) is 0 Å². The van der Waals surface area contributed by atoms with Gasteiger partial charge < -0.3 is 15.0 Å². The van der Waals surface area contributed by atoms with Gasteiger partial charge in [0.2, 0.25) is 0 Å². The Kier molecular flexibility index (Phi) is 4.45. The molecule has 0 radical (unpaired) electrons. The van der Waals surface area contributed by atoms with Gasteiger partial charge in [0, 0.05) is 19.3 Å². The minimum absolute atomic E-state index is 0.198. The number of ether oxygens (including phenoxy) is 1. The standard InChI is InChI=1S/C12H19N3O2/c1-8(2)10-5-4-9(11(13)14)12(16)15(10)6-7-17-3/h4-5,8H,6-7H2,1-3H3,(H3,13,14). The van der Waals surface area contributed by atoms with Crippen molar-refractivity contribution in [2.75, 3.05) is 13.7 Å². The minimum Gasteiger partial charge on any atom is -0.384 e. The van der Waals surface area contributed by atoms with Crippen LogP contribution in [0.1, 0.15) is 31.0 Å². The van der Waals surface area contributed by atoms with Crippen molar-refractivity contribution in [3.63, 3.8) is 0 Å². The second kappa shape index (κ2) is 5.63. The molecule has 1 aromatic heterocycles. The lowest BCUT2D eigenvalue weighted by molar-refractivity contribution is 0.185. The van der Waals surface area contributed by atoms with Crippen molar-refractivity contribution in [2.45, 2.75) is 26.3 Å². The van der Waals surface area contributed by atoms with Crippen LogP contribution >= 0.6 is 0 Å². The number of rotatable bonds is 5. The van der Waals surface area contributed by atoms with Crippen molar-refractivity contribution in [1.82, 2.24) is 4.57 Å². The molecule has 0 spiro atoms. The van der Waals surface area contributed by atoms with Gasteiger partial charge in [-0.05, 0) is 18.1 Å². The molecule has 0 saturated carbocycles. The number of nitrogens with one attached hydrogen (secondary N) is 1. The fourth-order valence-corrected chi connectivity index (χ4v) is 1.71. The Hall–Kier alpha value is -1.62. The van der Waals surface area contributed by atoms with Gasteiger partial charge in [-0.1, -0.05) is 13.8 Å². The highest BCUT2D eigenvalue weighted by Crippen LogP contribution is 2.12. The minimum atomic E-state index is -0.222. The maximum atomic E-state index is 12.1. The smallest absolute Gasteiger partial charge is 0.261 e. The first-order chi connectivity index (χ1) is 7.99. The summed E-state index contributed by atoms with van der Waals surface area (Å²) in [6.07, 6.45) is 0. The summed E-state index contributed by atoms with van der Waals surface area (Å²) >= 11 is 0. The van der Waals surface area contributed by atoms with Gasteiger partial charge in [-0.15, -0.1) is 0 Å². The van der Waals surface area contributed by atoms with Crippen LogP contribution < -0.4 is 11.3 Å². The Balaban J connectivity index is 3.31. The molecule has 1 heterocycles. The van der Waals surface area contributed by atoms with E-state index >= 15 is 0 Å². The molecule has 3 N–H and O–H groups in total. The number of pyridine rings is 1. The van der Waals surface area contributed by atoms with Crippen molar-refractivity contribution in [1.29, 1.82) is 5.41 Å². The van der Waals surface area contributed by atoms with E-state index in [0.29, 0.717) is 13.2 Å². The SMILES string of the molecule is COCCn1c(C(C)C)ccc(C(=N)N)c1=O. The molecule has 0 atom stereocenters. The lowest BCUT2D eigenvalue weighted by atomic mass is 10.1. The van der Waals surface area contributed by atoms with Crippen molar-refractivity contribution < 1.29 is 4.74 Å². The van der Waals surface area contributed by atoms with Gasteiger partial charge in [0.05, 0.1) is 12.2 Å². The van der Waals surface area contributed by atoms with Crippen LogP contribution in [0, 0.1) is 5.41 Å². The summed E-state index contributed by atoms with van der Waals surface area (Å²) in [5.41, 5.74) is 6.32. The Labute approximate surface area is 101 Å². The molecule has 0 aromatic carbocycles. The highest BCUT2D eigenvalue weighted by Gasteiger charge is 2.12. The highest BCUT2D eigenvalue weighted by molar-refractivity contribution is 5.94. The van der Waals surface area contributed by atoms with E-state index in [1.165, 1.54) is 0 Å². The van der Waals surface area contributed by atoms with Gasteiger partial charge in [-0.3, -0.25) is 10.2 Å². The van der Waals surface area contributed by atoms with Crippen LogP contribution in [0.3, 0.4) is 0 Å². The first-order valence-corrected chi connectivity index (χ1v) is 5.56. The largest absolute Gasteiger partial charge is 0.384 e. The Bertz CT molecular complexity index is 463. The molecule has 0 aliphatic carbocycles. The molecule has 5 nitrogen and oxygen atoms in total. The molecule has 0 unspecified atom stereocenters. The maximum Gasteiger partial charge on any atom is 0.261 e. The van der Waals surface area contributed by atoms with Gasteiger partial charge in [0.1, 0.15) is 5.84 Å². The molecule has 0 saturated heterocycles. The zero-order chi connectivity index (χ0) is 13.0. The van der Waals surface area contributed by atoms with Crippen LogP contribution in [-0.4, -0.2) is 24.1 Å². The third-order valence-electron chi connectivity index (χ3n) is 2.61. The summed E-state index contributed by atoms with van der Waals surface area (Å²) in [4.78, 5) is 12.1. The van der Waals surface area contributed by atoms with Gasteiger partial charge in [-0.25, -0.2) is 0 Å². The predicted molar refractivity (Wildman–Crippen MR) is 67.7 cm³/mol. The Morgan fingerprint density at radius 3 is 2.65 bits per heavy atom. The molecule has 5 heteroatoms. The lowest BCUT2D eigenvalue weighted by Gasteiger charge is -2.16. The van der Waals surface area contributed by atoms with Gasteiger partial charge in [0.15, 0.2) is 0 Å². The summed E-state index contributed by atoms with van der Waals surface area (Å²) in [7, 11) is 1.59. The van der Waals surface area contributed by atoms with Gasteiger partial charge in [0.25, 0.3) is 5.56 Å². The fraction of sp³-hybridized carbons (Fsp3) is 0.500. The van der Waals surface area contributed by atoms with E-state index in [0.717, 1.165) is 5.69 Å². The van der Waals surface area contributed by atoms with E-state index in [1.54, 1.807) is 17.7 Å². The molecule has 0 bridgehead atoms.